The summed E-state index contributed by atoms with van der Waals surface area (Å²) in [6.07, 6.45) is 0.571. The smallest absolute Gasteiger partial charge is 0.255 e. The minimum atomic E-state index is -3.57. The number of carbonyl (C=O) groups is 1. The molecule has 1 aliphatic rings. The first-order chi connectivity index (χ1) is 13.1. The zero-order valence-electron chi connectivity index (χ0n) is 15.5. The van der Waals surface area contributed by atoms with Crippen molar-refractivity contribution in [2.75, 3.05) is 36.0 Å². The topological polar surface area (TPSA) is 104 Å². The summed E-state index contributed by atoms with van der Waals surface area (Å²) in [5, 5.41) is 2.71. The Bertz CT molecular complexity index is 1090. The number of carbonyl (C=O) groups excluding carboxylic acids is 1. The zero-order valence-corrected chi connectivity index (χ0v) is 17.1. The molecule has 0 aromatic heterocycles. The van der Waals surface area contributed by atoms with E-state index < -0.39 is 26.0 Å². The van der Waals surface area contributed by atoms with E-state index in [1.54, 1.807) is 24.3 Å². The number of benzene rings is 2. The maximum Gasteiger partial charge on any atom is 0.255 e. The van der Waals surface area contributed by atoms with Gasteiger partial charge in [0.25, 0.3) is 5.91 Å². The first kappa shape index (κ1) is 20.3. The van der Waals surface area contributed by atoms with Crippen LogP contribution in [0.2, 0.25) is 0 Å². The molecule has 1 aliphatic heterocycles. The number of nitrogens with one attached hydrogen (secondary N) is 1. The number of amides is 1. The van der Waals surface area contributed by atoms with Gasteiger partial charge in [-0.3, -0.25) is 9.10 Å². The van der Waals surface area contributed by atoms with E-state index in [4.69, 9.17) is 0 Å². The fourth-order valence-electron chi connectivity index (χ4n) is 2.86. The summed E-state index contributed by atoms with van der Waals surface area (Å²) in [5.74, 6) is -0.304. The standard InChI is InChI=1S/C18H21N3O5S2/c1-20(2)28(25,26)17-9-7-14(8-10-17)18(22)19-15-5-3-6-16(13-15)21-11-4-12-27(21,23)24/h3,5-10,13H,4,11-12H2,1-2H3,(H,19,22). The highest BCUT2D eigenvalue weighted by Crippen LogP contribution is 2.26. The van der Waals surface area contributed by atoms with Crippen LogP contribution in [0.25, 0.3) is 0 Å². The summed E-state index contributed by atoms with van der Waals surface area (Å²) in [6, 6.07) is 12.2. The number of rotatable bonds is 5. The Hall–Kier alpha value is -2.43. The molecule has 1 fully saturated rings. The Labute approximate surface area is 164 Å². The van der Waals surface area contributed by atoms with Crippen molar-refractivity contribution in [3.63, 3.8) is 0 Å². The van der Waals surface area contributed by atoms with Gasteiger partial charge in [-0.2, -0.15) is 0 Å². The van der Waals surface area contributed by atoms with Gasteiger partial charge in [-0.1, -0.05) is 6.07 Å². The molecule has 1 amide bonds. The van der Waals surface area contributed by atoms with E-state index in [0.29, 0.717) is 24.3 Å². The molecule has 3 rings (SSSR count). The van der Waals surface area contributed by atoms with Crippen LogP contribution >= 0.6 is 0 Å². The Morgan fingerprint density at radius 1 is 1.11 bits per heavy atom. The largest absolute Gasteiger partial charge is 0.322 e. The number of sulfonamides is 2. The lowest BCUT2D eigenvalue weighted by atomic mass is 10.2. The van der Waals surface area contributed by atoms with Gasteiger partial charge in [0, 0.05) is 31.9 Å². The van der Waals surface area contributed by atoms with Gasteiger partial charge < -0.3 is 5.32 Å². The molecule has 0 radical (unpaired) electrons. The first-order valence-electron chi connectivity index (χ1n) is 8.56. The second kappa shape index (κ2) is 7.53. The predicted molar refractivity (Wildman–Crippen MR) is 107 cm³/mol. The Morgan fingerprint density at radius 2 is 1.79 bits per heavy atom. The quantitative estimate of drug-likeness (QED) is 0.789. The summed E-state index contributed by atoms with van der Waals surface area (Å²) in [5.41, 5.74) is 1.24. The lowest BCUT2D eigenvalue weighted by Gasteiger charge is -2.18. The molecule has 0 saturated carbocycles. The van der Waals surface area contributed by atoms with Gasteiger partial charge in [-0.05, 0) is 48.9 Å². The molecular weight excluding hydrogens is 402 g/mol. The van der Waals surface area contributed by atoms with Crippen LogP contribution in [0.3, 0.4) is 0 Å². The molecule has 0 spiro atoms. The van der Waals surface area contributed by atoms with Crippen molar-refractivity contribution in [1.82, 2.24) is 4.31 Å². The maximum atomic E-state index is 12.5. The monoisotopic (exact) mass is 423 g/mol. The average molecular weight is 424 g/mol. The molecule has 1 N–H and O–H groups in total. The third kappa shape index (κ3) is 4.03. The Kier molecular flexibility index (Phi) is 5.46. The SMILES string of the molecule is CN(C)S(=O)(=O)c1ccc(C(=O)Nc2cccc(N3CCCS3(=O)=O)c2)cc1. The minimum Gasteiger partial charge on any atom is -0.322 e. The van der Waals surface area contributed by atoms with Gasteiger partial charge in [0.15, 0.2) is 0 Å². The van der Waals surface area contributed by atoms with E-state index in [-0.39, 0.29) is 16.2 Å². The van der Waals surface area contributed by atoms with Crippen molar-refractivity contribution < 1.29 is 21.6 Å². The van der Waals surface area contributed by atoms with Gasteiger partial charge in [0.05, 0.1) is 16.3 Å². The van der Waals surface area contributed by atoms with Crippen LogP contribution in [0.15, 0.2) is 53.4 Å². The first-order valence-corrected chi connectivity index (χ1v) is 11.6. The summed E-state index contributed by atoms with van der Waals surface area (Å²) in [4.78, 5) is 12.6. The third-order valence-electron chi connectivity index (χ3n) is 4.39. The number of anilines is 2. The number of hydrogen-bond acceptors (Lipinski definition) is 5. The fraction of sp³-hybridized carbons (Fsp3) is 0.278. The maximum absolute atomic E-state index is 12.5. The highest BCUT2D eigenvalue weighted by Gasteiger charge is 2.28. The molecule has 0 atom stereocenters. The molecule has 0 aliphatic carbocycles. The van der Waals surface area contributed by atoms with Crippen LogP contribution in [-0.2, 0) is 20.0 Å². The number of nitrogens with zero attached hydrogens (tertiary/aromatic N) is 2. The van der Waals surface area contributed by atoms with Crippen LogP contribution in [-0.4, -0.2) is 53.4 Å². The fourth-order valence-corrected chi connectivity index (χ4v) is 5.32. The molecule has 0 bridgehead atoms. The lowest BCUT2D eigenvalue weighted by molar-refractivity contribution is 0.102. The second-order valence-corrected chi connectivity index (χ2v) is 10.7. The van der Waals surface area contributed by atoms with E-state index in [2.05, 4.69) is 5.32 Å². The molecule has 150 valence electrons. The molecule has 1 heterocycles. The summed E-state index contributed by atoms with van der Waals surface area (Å²) in [7, 11) is -4.00. The minimum absolute atomic E-state index is 0.0929. The van der Waals surface area contributed by atoms with Crippen molar-refractivity contribution in [2.24, 2.45) is 0 Å². The van der Waals surface area contributed by atoms with Crippen molar-refractivity contribution >= 4 is 37.3 Å². The van der Waals surface area contributed by atoms with Crippen LogP contribution in [0.1, 0.15) is 16.8 Å². The Balaban J connectivity index is 1.78. The second-order valence-electron chi connectivity index (χ2n) is 6.56. The molecule has 2 aromatic carbocycles. The number of hydrogen-bond donors (Lipinski definition) is 1. The highest BCUT2D eigenvalue weighted by atomic mass is 32.2. The molecule has 28 heavy (non-hydrogen) atoms. The molecule has 10 heteroatoms. The van der Waals surface area contributed by atoms with Crippen LogP contribution < -0.4 is 9.62 Å². The van der Waals surface area contributed by atoms with Gasteiger partial charge in [0.2, 0.25) is 20.0 Å². The van der Waals surface area contributed by atoms with Crippen molar-refractivity contribution in [3.05, 3.63) is 54.1 Å². The molecule has 1 saturated heterocycles. The molecular formula is C18H21N3O5S2. The van der Waals surface area contributed by atoms with Crippen molar-refractivity contribution in [2.45, 2.75) is 11.3 Å². The van der Waals surface area contributed by atoms with Gasteiger partial charge in [-0.15, -0.1) is 0 Å². The predicted octanol–water partition coefficient (Wildman–Crippen LogP) is 1.73. The van der Waals surface area contributed by atoms with E-state index in [9.17, 15) is 21.6 Å². The zero-order chi connectivity index (χ0) is 20.5. The van der Waals surface area contributed by atoms with Crippen LogP contribution in [0.4, 0.5) is 11.4 Å². The van der Waals surface area contributed by atoms with Crippen LogP contribution in [0, 0.1) is 0 Å². The van der Waals surface area contributed by atoms with Gasteiger partial charge >= 0.3 is 0 Å². The van der Waals surface area contributed by atoms with E-state index in [1.165, 1.54) is 42.7 Å². The summed E-state index contributed by atoms with van der Waals surface area (Å²) in [6.45, 7) is 0.418. The van der Waals surface area contributed by atoms with E-state index >= 15 is 0 Å². The van der Waals surface area contributed by atoms with Crippen molar-refractivity contribution in [3.8, 4) is 0 Å². The molecule has 0 unspecified atom stereocenters. The lowest BCUT2D eigenvalue weighted by Crippen LogP contribution is -2.25. The molecule has 2 aromatic rings. The van der Waals surface area contributed by atoms with Crippen LogP contribution in [0.5, 0.6) is 0 Å². The van der Waals surface area contributed by atoms with E-state index in [0.717, 1.165) is 4.31 Å². The summed E-state index contributed by atoms with van der Waals surface area (Å²) >= 11 is 0. The third-order valence-corrected chi connectivity index (χ3v) is 8.09. The van der Waals surface area contributed by atoms with Crippen molar-refractivity contribution in [1.29, 1.82) is 0 Å². The highest BCUT2D eigenvalue weighted by molar-refractivity contribution is 7.93. The molecule has 8 nitrogen and oxygen atoms in total. The van der Waals surface area contributed by atoms with Gasteiger partial charge in [-0.25, -0.2) is 21.1 Å². The normalized spacial score (nSPS) is 16.3. The van der Waals surface area contributed by atoms with Gasteiger partial charge in [0.1, 0.15) is 0 Å². The van der Waals surface area contributed by atoms with E-state index in [1.807, 2.05) is 0 Å². The average Bonchev–Trinajstić information content (AvgIpc) is 3.01. The summed E-state index contributed by atoms with van der Waals surface area (Å²) < 4.78 is 50.7. The Morgan fingerprint density at radius 3 is 2.36 bits per heavy atom.